The van der Waals surface area contributed by atoms with Gasteiger partial charge in [0, 0.05) is 22.3 Å². The maximum absolute atomic E-state index is 13.5. The van der Waals surface area contributed by atoms with Crippen molar-refractivity contribution in [2.75, 3.05) is 18.6 Å². The molecular formula is C25H22F3N3O7. The van der Waals surface area contributed by atoms with Gasteiger partial charge in [-0.1, -0.05) is 31.2 Å². The molecule has 1 unspecified atom stereocenters. The predicted octanol–water partition coefficient (Wildman–Crippen LogP) is 4.43. The van der Waals surface area contributed by atoms with Gasteiger partial charge >= 0.3 is 24.3 Å². The summed E-state index contributed by atoms with van der Waals surface area (Å²) in [5, 5.41) is 9.92. The molecule has 0 saturated carbocycles. The van der Waals surface area contributed by atoms with Crippen LogP contribution in [0.4, 0.5) is 28.4 Å². The van der Waals surface area contributed by atoms with Gasteiger partial charge in [0.25, 0.3) is 5.56 Å². The monoisotopic (exact) mass is 533 g/mol. The highest BCUT2D eigenvalue weighted by atomic mass is 19.4. The smallest absolute Gasteiger partial charge is 0.417 e. The van der Waals surface area contributed by atoms with Gasteiger partial charge in [-0.25, -0.2) is 14.4 Å². The number of hydrogen-bond donors (Lipinski definition) is 2. The lowest BCUT2D eigenvalue weighted by Gasteiger charge is -2.30. The number of carbonyl (C=O) groups is 3. The van der Waals surface area contributed by atoms with Gasteiger partial charge in [0.1, 0.15) is 6.04 Å². The first-order valence-corrected chi connectivity index (χ1v) is 11.4. The third-order valence-electron chi connectivity index (χ3n) is 6.16. The van der Waals surface area contributed by atoms with Crippen molar-refractivity contribution >= 4 is 34.6 Å². The zero-order valence-corrected chi connectivity index (χ0v) is 20.1. The lowest BCUT2D eigenvalue weighted by molar-refractivity contribution is -0.146. The number of nitrogens with one attached hydrogen (secondary N) is 1. The summed E-state index contributed by atoms with van der Waals surface area (Å²) in [5.41, 5.74) is -1.61. The Morgan fingerprint density at radius 2 is 1.92 bits per heavy atom. The summed E-state index contributed by atoms with van der Waals surface area (Å²) in [6.07, 6.45) is -7.79. The second kappa shape index (κ2) is 10.1. The molecular weight excluding hydrogens is 511 g/mol. The molecule has 38 heavy (non-hydrogen) atoms. The van der Waals surface area contributed by atoms with E-state index in [0.717, 1.165) is 23.0 Å². The number of fused-ring (bicyclic) bond motifs is 1. The number of ether oxygens (including phenoxy) is 2. The highest BCUT2D eigenvalue weighted by Gasteiger charge is 2.43. The zero-order chi connectivity index (χ0) is 27.8. The van der Waals surface area contributed by atoms with Crippen LogP contribution in [0.5, 0.6) is 0 Å². The van der Waals surface area contributed by atoms with Gasteiger partial charge in [-0.2, -0.15) is 13.2 Å². The van der Waals surface area contributed by atoms with E-state index in [1.807, 2.05) is 0 Å². The number of carboxylic acids is 1. The molecule has 2 atom stereocenters. The summed E-state index contributed by atoms with van der Waals surface area (Å²) in [5.74, 6) is -1.31. The third-order valence-corrected chi connectivity index (χ3v) is 6.16. The largest absolute Gasteiger partial charge is 0.480 e. The number of cyclic esters (lactones) is 1. The molecule has 1 saturated heterocycles. The first-order chi connectivity index (χ1) is 18.0. The summed E-state index contributed by atoms with van der Waals surface area (Å²) < 4.78 is 50.4. The lowest BCUT2D eigenvalue weighted by atomic mass is 10.0. The number of rotatable bonds is 6. The Kier molecular flexibility index (Phi) is 7.03. The number of H-pyrrole nitrogens is 1. The van der Waals surface area contributed by atoms with Crippen molar-refractivity contribution in [1.29, 1.82) is 0 Å². The molecule has 200 valence electrons. The Balaban J connectivity index is 1.69. The topological polar surface area (TPSA) is 129 Å². The molecule has 0 spiro atoms. The van der Waals surface area contributed by atoms with Gasteiger partial charge < -0.3 is 19.6 Å². The first kappa shape index (κ1) is 26.5. The van der Waals surface area contributed by atoms with Crippen LogP contribution < -0.4 is 10.5 Å². The van der Waals surface area contributed by atoms with Crippen molar-refractivity contribution in [3.8, 4) is 11.3 Å². The molecule has 10 nitrogen and oxygen atoms in total. The van der Waals surface area contributed by atoms with E-state index < -0.39 is 47.7 Å². The number of carbonyl (C=O) groups excluding carboxylic acids is 2. The van der Waals surface area contributed by atoms with Crippen molar-refractivity contribution in [3.63, 3.8) is 0 Å². The normalized spacial score (nSPS) is 16.3. The summed E-state index contributed by atoms with van der Waals surface area (Å²) in [6, 6.07) is 9.20. The quantitative estimate of drug-likeness (QED) is 0.480. The number of anilines is 1. The summed E-state index contributed by atoms with van der Waals surface area (Å²) >= 11 is 0. The van der Waals surface area contributed by atoms with Crippen LogP contribution in [0.25, 0.3) is 22.0 Å². The number of halogens is 3. The minimum atomic E-state index is -4.63. The van der Waals surface area contributed by atoms with Crippen LogP contribution in [-0.4, -0.2) is 59.1 Å². The van der Waals surface area contributed by atoms with Crippen molar-refractivity contribution in [2.45, 2.75) is 31.8 Å². The van der Waals surface area contributed by atoms with Crippen LogP contribution in [0.1, 0.15) is 18.9 Å². The second-order valence-electron chi connectivity index (χ2n) is 8.42. The number of alkyl halides is 3. The molecule has 0 aliphatic carbocycles. The number of carboxylic acid groups (broad SMARTS) is 1. The van der Waals surface area contributed by atoms with Crippen LogP contribution in [0, 0.1) is 0 Å². The number of benzene rings is 2. The van der Waals surface area contributed by atoms with Gasteiger partial charge in [0.05, 0.1) is 19.2 Å². The average Bonchev–Trinajstić information content (AvgIpc) is 3.26. The minimum absolute atomic E-state index is 0.0175. The summed E-state index contributed by atoms with van der Waals surface area (Å²) in [4.78, 5) is 53.9. The number of pyridine rings is 1. The van der Waals surface area contributed by atoms with Gasteiger partial charge in [-0.15, -0.1) is 0 Å². The lowest BCUT2D eigenvalue weighted by Crippen LogP contribution is -2.52. The molecule has 0 bridgehead atoms. The SMILES string of the molecule is CCC(C(=O)O)N(C(=O)OC)[C@H]1CN(c2ccc3cc(-c4ccccc4C(F)(F)F)[nH]c(=O)c3c2)C(=O)O1. The number of methoxy groups -OCH3 is 1. The molecule has 13 heteroatoms. The van der Waals surface area contributed by atoms with Crippen LogP contribution in [0.2, 0.25) is 0 Å². The molecule has 1 aromatic heterocycles. The Morgan fingerprint density at radius 1 is 1.21 bits per heavy atom. The number of aliphatic carboxylic acids is 1. The van der Waals surface area contributed by atoms with Gasteiger partial charge in [0.2, 0.25) is 6.23 Å². The number of aromatic amines is 1. The van der Waals surface area contributed by atoms with Gasteiger partial charge in [-0.3, -0.25) is 14.6 Å². The van der Waals surface area contributed by atoms with E-state index in [9.17, 15) is 37.5 Å². The standard InChI is InChI=1S/C25H22F3N3O7/c1-3-19(22(33)34)31(24(36)37-2)20-12-30(23(35)38-20)14-9-8-13-10-18(29-21(32)16(13)11-14)15-6-4-5-7-17(15)25(26,27)28/h4-11,19-20H,3,12H2,1-2H3,(H,29,32)(H,33,34)/t19?,20-/m1/s1. The Morgan fingerprint density at radius 3 is 2.55 bits per heavy atom. The second-order valence-corrected chi connectivity index (χ2v) is 8.42. The third kappa shape index (κ3) is 4.86. The van der Waals surface area contributed by atoms with Crippen LogP contribution in [0.3, 0.4) is 0 Å². The molecule has 2 amide bonds. The maximum atomic E-state index is 13.5. The molecule has 4 rings (SSSR count). The molecule has 2 aromatic carbocycles. The van der Waals surface area contributed by atoms with E-state index in [1.165, 1.54) is 42.5 Å². The first-order valence-electron chi connectivity index (χ1n) is 11.4. The molecule has 3 aromatic rings. The molecule has 2 heterocycles. The fourth-order valence-corrected chi connectivity index (χ4v) is 4.37. The van der Waals surface area contributed by atoms with E-state index in [4.69, 9.17) is 4.74 Å². The van der Waals surface area contributed by atoms with Crippen molar-refractivity contribution in [3.05, 3.63) is 64.4 Å². The highest BCUT2D eigenvalue weighted by Crippen LogP contribution is 2.37. The van der Waals surface area contributed by atoms with E-state index in [2.05, 4.69) is 9.72 Å². The van der Waals surface area contributed by atoms with Crippen molar-refractivity contribution in [1.82, 2.24) is 9.88 Å². The molecule has 1 aliphatic rings. The highest BCUT2D eigenvalue weighted by molar-refractivity contribution is 5.95. The maximum Gasteiger partial charge on any atom is 0.417 e. The van der Waals surface area contributed by atoms with Crippen molar-refractivity contribution in [2.24, 2.45) is 0 Å². The number of nitrogens with zero attached hydrogens (tertiary/aromatic N) is 2. The van der Waals surface area contributed by atoms with E-state index in [-0.39, 0.29) is 35.3 Å². The Labute approximate surface area is 213 Å². The Bertz CT molecular complexity index is 1470. The molecule has 1 aliphatic heterocycles. The fourth-order valence-electron chi connectivity index (χ4n) is 4.37. The van der Waals surface area contributed by atoms with Crippen LogP contribution in [0.15, 0.2) is 53.3 Å². The zero-order valence-electron chi connectivity index (χ0n) is 20.1. The number of amides is 2. The van der Waals surface area contributed by atoms with Crippen LogP contribution in [-0.2, 0) is 20.4 Å². The molecule has 0 radical (unpaired) electrons. The predicted molar refractivity (Wildman–Crippen MR) is 129 cm³/mol. The summed E-state index contributed by atoms with van der Waals surface area (Å²) in [6.45, 7) is 1.29. The molecule has 2 N–H and O–H groups in total. The van der Waals surface area contributed by atoms with E-state index >= 15 is 0 Å². The average molecular weight is 533 g/mol. The Hall–Kier alpha value is -4.55. The van der Waals surface area contributed by atoms with E-state index in [0.29, 0.717) is 5.39 Å². The fraction of sp³-hybridized carbons (Fsp3) is 0.280. The van der Waals surface area contributed by atoms with Crippen molar-refractivity contribution < 1.29 is 42.1 Å². The summed E-state index contributed by atoms with van der Waals surface area (Å²) in [7, 11) is 1.06. The van der Waals surface area contributed by atoms with E-state index in [1.54, 1.807) is 6.92 Å². The van der Waals surface area contributed by atoms with Gasteiger partial charge in [-0.05, 0) is 36.1 Å². The number of hydrogen-bond acceptors (Lipinski definition) is 6. The van der Waals surface area contributed by atoms with Crippen LogP contribution >= 0.6 is 0 Å². The minimum Gasteiger partial charge on any atom is -0.480 e. The van der Waals surface area contributed by atoms with Gasteiger partial charge in [0.15, 0.2) is 0 Å². The number of aromatic nitrogens is 1. The molecule has 1 fully saturated rings.